The molecule has 6 nitrogen and oxygen atoms in total. The predicted molar refractivity (Wildman–Crippen MR) is 147 cm³/mol. The normalized spacial score (nSPS) is 15.5. The summed E-state index contributed by atoms with van der Waals surface area (Å²) in [4.78, 5) is 32.1. The van der Waals surface area contributed by atoms with Gasteiger partial charge in [-0.15, -0.1) is 0 Å². The molecule has 188 valence electrons. The number of nitrogens with zero attached hydrogens (tertiary/aromatic N) is 3. The van der Waals surface area contributed by atoms with Gasteiger partial charge in [0.1, 0.15) is 0 Å². The minimum atomic E-state index is -0.610. The van der Waals surface area contributed by atoms with Crippen molar-refractivity contribution in [2.24, 2.45) is 4.99 Å². The molecule has 0 unspecified atom stereocenters. The molecule has 1 atom stereocenters. The number of thiazole rings is 1. The molecule has 0 radical (unpaired) electrons. The van der Waals surface area contributed by atoms with Crippen LogP contribution in [0.4, 0.5) is 0 Å². The number of benzene rings is 2. The number of carbonyl (C=O) groups excluding carboxylic acids is 1. The third kappa shape index (κ3) is 4.38. The van der Waals surface area contributed by atoms with E-state index in [1.165, 1.54) is 18.4 Å². The smallest absolute Gasteiger partial charge is 0.338 e. The number of methoxy groups -OCH3 is 1. The molecule has 0 amide bonds. The number of hydrogen-bond donors (Lipinski definition) is 0. The first-order chi connectivity index (χ1) is 17.8. The van der Waals surface area contributed by atoms with Gasteiger partial charge in [0.25, 0.3) is 5.56 Å². The second kappa shape index (κ2) is 10.00. The Kier molecular flexibility index (Phi) is 6.75. The molecule has 3 heterocycles. The molecule has 0 bridgehead atoms. The molecule has 0 spiro atoms. The zero-order chi connectivity index (χ0) is 26.3. The fraction of sp³-hybridized carbons (Fsp3) is 0.207. The highest BCUT2D eigenvalue weighted by Gasteiger charge is 2.33. The van der Waals surface area contributed by atoms with Gasteiger partial charge in [-0.25, -0.2) is 9.79 Å². The number of aromatic nitrogens is 2. The predicted octanol–water partition coefficient (Wildman–Crippen LogP) is 4.86. The third-order valence-corrected chi connectivity index (χ3v) is 7.81. The van der Waals surface area contributed by atoms with Crippen LogP contribution < -0.4 is 14.9 Å². The van der Waals surface area contributed by atoms with Gasteiger partial charge in [-0.3, -0.25) is 9.36 Å². The third-order valence-electron chi connectivity index (χ3n) is 6.59. The van der Waals surface area contributed by atoms with Crippen LogP contribution in [0.2, 0.25) is 5.02 Å². The number of ether oxygens (including phenoxy) is 1. The van der Waals surface area contributed by atoms with Crippen LogP contribution in [0.25, 0.3) is 11.8 Å². The summed E-state index contributed by atoms with van der Waals surface area (Å²) in [5, 5.41) is 0.661. The highest BCUT2D eigenvalue weighted by molar-refractivity contribution is 7.07. The van der Waals surface area contributed by atoms with Gasteiger partial charge in [0, 0.05) is 22.1 Å². The summed E-state index contributed by atoms with van der Waals surface area (Å²) in [6, 6.07) is 18.7. The number of rotatable bonds is 5. The van der Waals surface area contributed by atoms with Gasteiger partial charge in [0.15, 0.2) is 4.80 Å². The van der Waals surface area contributed by atoms with Crippen molar-refractivity contribution in [1.29, 1.82) is 0 Å². The maximum Gasteiger partial charge on any atom is 0.338 e. The minimum absolute atomic E-state index is 0.193. The Bertz CT molecular complexity index is 1730. The Morgan fingerprint density at radius 3 is 2.57 bits per heavy atom. The van der Waals surface area contributed by atoms with Crippen LogP contribution in [-0.4, -0.2) is 22.2 Å². The van der Waals surface area contributed by atoms with Crippen molar-refractivity contribution in [2.75, 3.05) is 7.11 Å². The second-order valence-electron chi connectivity index (χ2n) is 8.84. The van der Waals surface area contributed by atoms with Gasteiger partial charge in [0.2, 0.25) is 0 Å². The monoisotopic (exact) mass is 531 g/mol. The summed E-state index contributed by atoms with van der Waals surface area (Å²) in [5.74, 6) is -0.478. The summed E-state index contributed by atoms with van der Waals surface area (Å²) in [6.07, 6.45) is 2.45. The van der Waals surface area contributed by atoms with Gasteiger partial charge in [-0.2, -0.15) is 0 Å². The Hall–Kier alpha value is -3.68. The summed E-state index contributed by atoms with van der Waals surface area (Å²) >= 11 is 7.57. The number of allylic oxidation sites excluding steroid dienone is 1. The van der Waals surface area contributed by atoms with E-state index in [0.29, 0.717) is 32.0 Å². The average Bonchev–Trinajstić information content (AvgIpc) is 3.36. The summed E-state index contributed by atoms with van der Waals surface area (Å²) < 4.78 is 9.41. The fourth-order valence-electron chi connectivity index (χ4n) is 4.90. The molecule has 0 saturated heterocycles. The maximum absolute atomic E-state index is 13.9. The molecule has 1 aliphatic rings. The Morgan fingerprint density at radius 2 is 1.89 bits per heavy atom. The standard InChI is InChI=1S/C29H26ClN3O3S/c1-5-23-25(28(35)36-4)26(19-10-7-6-8-11-19)33-27(34)24(37-29(33)31-23)15-20-14-17(2)32(18(20)3)22-13-9-12-21(30)16-22/h6-16,26H,5H2,1-4H3/b24-15-/t26-/m0/s1. The molecule has 4 aromatic rings. The van der Waals surface area contributed by atoms with Gasteiger partial charge in [-0.05, 0) is 61.7 Å². The first-order valence-electron chi connectivity index (χ1n) is 12.0. The molecule has 0 aliphatic carbocycles. The van der Waals surface area contributed by atoms with Crippen LogP contribution in [0.3, 0.4) is 0 Å². The first-order valence-corrected chi connectivity index (χ1v) is 13.2. The lowest BCUT2D eigenvalue weighted by Gasteiger charge is -2.25. The molecule has 0 N–H and O–H groups in total. The molecule has 1 aliphatic heterocycles. The van der Waals surface area contributed by atoms with Crippen LogP contribution in [0.1, 0.15) is 41.9 Å². The lowest BCUT2D eigenvalue weighted by molar-refractivity contribution is -0.136. The average molecular weight is 532 g/mol. The van der Waals surface area contributed by atoms with Crippen molar-refractivity contribution in [3.63, 3.8) is 0 Å². The largest absolute Gasteiger partial charge is 0.466 e. The van der Waals surface area contributed by atoms with E-state index in [1.807, 2.05) is 81.4 Å². The highest BCUT2D eigenvalue weighted by atomic mass is 35.5. The first kappa shape index (κ1) is 25.0. The van der Waals surface area contributed by atoms with Crippen LogP contribution in [0, 0.1) is 13.8 Å². The molecule has 0 fully saturated rings. The Labute approximate surface area is 223 Å². The van der Waals surface area contributed by atoms with Gasteiger partial charge >= 0.3 is 5.97 Å². The van der Waals surface area contributed by atoms with E-state index < -0.39 is 12.0 Å². The SMILES string of the molecule is CCC1=C(C(=O)OC)[C@H](c2ccccc2)n2c(s/c(=C\c3cc(C)n(-c4cccc(Cl)c4)c3C)c2=O)=N1. The summed E-state index contributed by atoms with van der Waals surface area (Å²) in [5.41, 5.74) is 5.58. The van der Waals surface area contributed by atoms with E-state index >= 15 is 0 Å². The summed E-state index contributed by atoms with van der Waals surface area (Å²) in [6.45, 7) is 6.00. The van der Waals surface area contributed by atoms with Crippen molar-refractivity contribution >= 4 is 35.0 Å². The molecule has 2 aromatic carbocycles. The van der Waals surface area contributed by atoms with E-state index in [4.69, 9.17) is 21.3 Å². The number of carbonyl (C=O) groups is 1. The minimum Gasteiger partial charge on any atom is -0.466 e. The van der Waals surface area contributed by atoms with Crippen LogP contribution in [0.5, 0.6) is 0 Å². The highest BCUT2D eigenvalue weighted by Crippen LogP contribution is 2.31. The van der Waals surface area contributed by atoms with E-state index in [1.54, 1.807) is 4.57 Å². The van der Waals surface area contributed by atoms with Crippen LogP contribution >= 0.6 is 22.9 Å². The molecule has 37 heavy (non-hydrogen) atoms. The molecular formula is C29H26ClN3O3S. The van der Waals surface area contributed by atoms with Gasteiger partial charge in [0.05, 0.1) is 29.0 Å². The topological polar surface area (TPSA) is 65.6 Å². The number of aryl methyl sites for hydroxylation is 1. The van der Waals surface area contributed by atoms with Crippen LogP contribution in [-0.2, 0) is 9.53 Å². The van der Waals surface area contributed by atoms with Crippen molar-refractivity contribution < 1.29 is 9.53 Å². The van der Waals surface area contributed by atoms with Gasteiger partial charge < -0.3 is 9.30 Å². The molecule has 2 aromatic heterocycles. The van der Waals surface area contributed by atoms with Crippen molar-refractivity contribution in [1.82, 2.24) is 9.13 Å². The zero-order valence-electron chi connectivity index (χ0n) is 21.0. The number of hydrogen-bond acceptors (Lipinski definition) is 5. The number of esters is 1. The van der Waals surface area contributed by atoms with E-state index in [0.717, 1.165) is 28.2 Å². The summed E-state index contributed by atoms with van der Waals surface area (Å²) in [7, 11) is 1.35. The zero-order valence-corrected chi connectivity index (χ0v) is 22.6. The second-order valence-corrected chi connectivity index (χ2v) is 10.3. The molecular weight excluding hydrogens is 506 g/mol. The number of halogens is 1. The van der Waals surface area contributed by atoms with Crippen molar-refractivity contribution in [2.45, 2.75) is 33.2 Å². The lowest BCUT2D eigenvalue weighted by atomic mass is 9.95. The quantitative estimate of drug-likeness (QED) is 0.345. The molecule has 5 rings (SSSR count). The lowest BCUT2D eigenvalue weighted by Crippen LogP contribution is -2.40. The maximum atomic E-state index is 13.9. The van der Waals surface area contributed by atoms with Crippen LogP contribution in [0.15, 0.2) is 81.7 Å². The van der Waals surface area contributed by atoms with Crippen molar-refractivity contribution in [3.8, 4) is 5.69 Å². The van der Waals surface area contributed by atoms with Crippen molar-refractivity contribution in [3.05, 3.63) is 119 Å². The fourth-order valence-corrected chi connectivity index (χ4v) is 6.10. The molecule has 0 saturated carbocycles. The number of fused-ring (bicyclic) bond motifs is 1. The molecule has 8 heteroatoms. The Balaban J connectivity index is 1.72. The van der Waals surface area contributed by atoms with Gasteiger partial charge in [-0.1, -0.05) is 66.3 Å². The van der Waals surface area contributed by atoms with E-state index in [9.17, 15) is 9.59 Å². The van der Waals surface area contributed by atoms with E-state index in [2.05, 4.69) is 10.6 Å². The van der Waals surface area contributed by atoms with E-state index in [-0.39, 0.29) is 5.56 Å². The Morgan fingerprint density at radius 1 is 1.14 bits per heavy atom.